The summed E-state index contributed by atoms with van der Waals surface area (Å²) in [5.41, 5.74) is 0.480. The number of hydrogen-bond donors (Lipinski definition) is 1. The Labute approximate surface area is 129 Å². The lowest BCUT2D eigenvalue weighted by Crippen LogP contribution is -2.29. The first-order chi connectivity index (χ1) is 9.67. The number of thiazole rings is 1. The zero-order chi connectivity index (χ0) is 14.1. The Morgan fingerprint density at radius 1 is 1.55 bits per heavy atom. The van der Waals surface area contributed by atoms with Crippen molar-refractivity contribution in [3.05, 3.63) is 27.5 Å². The molecule has 20 heavy (non-hydrogen) atoms. The molecule has 2 aromatic heterocycles. The highest BCUT2D eigenvalue weighted by molar-refractivity contribution is 7.23. The maximum Gasteiger partial charge on any atom is 0.273 e. The molecule has 1 fully saturated rings. The Morgan fingerprint density at radius 2 is 2.40 bits per heavy atom. The second-order valence-electron chi connectivity index (χ2n) is 4.73. The summed E-state index contributed by atoms with van der Waals surface area (Å²) in [5.74, 6) is 0.152. The topological polar surface area (TPSA) is 53.4 Å². The fraction of sp³-hybridized carbons (Fsp3) is 0.385. The molecule has 7 heteroatoms. The molecule has 0 aromatic carbocycles. The lowest BCUT2D eigenvalue weighted by molar-refractivity contribution is 0.0777. The van der Waals surface area contributed by atoms with E-state index in [2.05, 4.69) is 4.98 Å². The Morgan fingerprint density at radius 3 is 3.05 bits per heavy atom. The molecule has 1 atom stereocenters. The summed E-state index contributed by atoms with van der Waals surface area (Å²) in [6, 6.07) is 3.74. The van der Waals surface area contributed by atoms with Crippen LogP contribution in [0.5, 0.6) is 0 Å². The summed E-state index contributed by atoms with van der Waals surface area (Å²) in [5, 5.41) is 11.7. The fourth-order valence-corrected chi connectivity index (χ4v) is 4.15. The zero-order valence-electron chi connectivity index (χ0n) is 10.6. The van der Waals surface area contributed by atoms with Gasteiger partial charge in [0.25, 0.3) is 5.91 Å². The predicted octanol–water partition coefficient (Wildman–Crippen LogP) is 2.98. The first kappa shape index (κ1) is 14.0. The number of likely N-dealkylation sites (tertiary alicyclic amines) is 1. The van der Waals surface area contributed by atoms with Gasteiger partial charge in [0.15, 0.2) is 0 Å². The van der Waals surface area contributed by atoms with Gasteiger partial charge in [-0.05, 0) is 18.6 Å². The third-order valence-corrected chi connectivity index (χ3v) is 5.58. The average molecular weight is 329 g/mol. The zero-order valence-corrected chi connectivity index (χ0v) is 13.0. The lowest BCUT2D eigenvalue weighted by Gasteiger charge is -2.14. The number of amides is 1. The van der Waals surface area contributed by atoms with E-state index in [9.17, 15) is 4.79 Å². The first-order valence-electron chi connectivity index (χ1n) is 6.28. The normalized spacial score (nSPS) is 18.7. The van der Waals surface area contributed by atoms with Gasteiger partial charge in [-0.25, -0.2) is 4.98 Å². The van der Waals surface area contributed by atoms with E-state index in [0.29, 0.717) is 23.1 Å². The second-order valence-corrected chi connectivity index (χ2v) is 7.30. The van der Waals surface area contributed by atoms with Crippen LogP contribution in [0, 0.1) is 5.92 Å². The Kier molecular flexibility index (Phi) is 4.07. The number of hydrogen-bond acceptors (Lipinski definition) is 5. The third-order valence-electron chi connectivity index (χ3n) is 3.34. The van der Waals surface area contributed by atoms with Crippen LogP contribution in [0.4, 0.5) is 0 Å². The molecule has 1 aliphatic heterocycles. The molecule has 0 aliphatic carbocycles. The van der Waals surface area contributed by atoms with Crippen LogP contribution < -0.4 is 0 Å². The van der Waals surface area contributed by atoms with Gasteiger partial charge in [-0.2, -0.15) is 0 Å². The first-order valence-corrected chi connectivity index (χ1v) is 8.36. The molecular weight excluding hydrogens is 316 g/mol. The summed E-state index contributed by atoms with van der Waals surface area (Å²) in [7, 11) is 0. The number of aliphatic hydroxyl groups excluding tert-OH is 1. The van der Waals surface area contributed by atoms with Gasteiger partial charge in [0, 0.05) is 31.0 Å². The highest BCUT2D eigenvalue weighted by atomic mass is 35.5. The summed E-state index contributed by atoms with van der Waals surface area (Å²) in [6.45, 7) is 1.45. The SMILES string of the molecule is O=C(c1csc(-c2ccc(Cl)s2)n1)N1CCC(CO)C1. The number of carbonyl (C=O) groups is 1. The largest absolute Gasteiger partial charge is 0.396 e. The molecule has 106 valence electrons. The number of carbonyl (C=O) groups excluding carboxylic acids is 1. The highest BCUT2D eigenvalue weighted by Gasteiger charge is 2.27. The molecule has 4 nitrogen and oxygen atoms in total. The smallest absolute Gasteiger partial charge is 0.273 e. The maximum absolute atomic E-state index is 12.3. The van der Waals surface area contributed by atoms with Crippen LogP contribution in [0.1, 0.15) is 16.9 Å². The maximum atomic E-state index is 12.3. The molecule has 0 spiro atoms. The number of halogens is 1. The quantitative estimate of drug-likeness (QED) is 0.942. The van der Waals surface area contributed by atoms with Gasteiger partial charge >= 0.3 is 0 Å². The van der Waals surface area contributed by atoms with E-state index < -0.39 is 0 Å². The van der Waals surface area contributed by atoms with E-state index in [1.165, 1.54) is 22.7 Å². The number of thiophene rings is 1. The second kappa shape index (κ2) is 5.81. The van der Waals surface area contributed by atoms with Crippen molar-refractivity contribution in [2.45, 2.75) is 6.42 Å². The van der Waals surface area contributed by atoms with Crippen LogP contribution in [0.2, 0.25) is 4.34 Å². The minimum absolute atomic E-state index is 0.0499. The van der Waals surface area contributed by atoms with Gasteiger partial charge in [-0.15, -0.1) is 22.7 Å². The molecule has 1 amide bonds. The Hall–Kier alpha value is -0.950. The van der Waals surface area contributed by atoms with Crippen molar-refractivity contribution in [1.82, 2.24) is 9.88 Å². The number of aromatic nitrogens is 1. The number of rotatable bonds is 3. The van der Waals surface area contributed by atoms with Crippen LogP contribution >= 0.6 is 34.3 Å². The molecule has 1 saturated heterocycles. The highest BCUT2D eigenvalue weighted by Crippen LogP contribution is 2.33. The van der Waals surface area contributed by atoms with Crippen LogP contribution in [-0.4, -0.2) is 40.6 Å². The summed E-state index contributed by atoms with van der Waals surface area (Å²) in [6.07, 6.45) is 0.861. The van der Waals surface area contributed by atoms with Crippen molar-refractivity contribution in [3.8, 4) is 9.88 Å². The van der Waals surface area contributed by atoms with Crippen molar-refractivity contribution in [2.75, 3.05) is 19.7 Å². The standard InChI is InChI=1S/C13H13ClN2O2S2/c14-11-2-1-10(20-11)12-15-9(7-19-12)13(18)16-4-3-8(5-16)6-17/h1-2,7-8,17H,3-6H2. The average Bonchev–Trinajstić information content (AvgIpc) is 3.17. The lowest BCUT2D eigenvalue weighted by atomic mass is 10.1. The minimum atomic E-state index is -0.0499. The van der Waals surface area contributed by atoms with Gasteiger partial charge in [-0.1, -0.05) is 11.6 Å². The van der Waals surface area contributed by atoms with Gasteiger partial charge < -0.3 is 10.0 Å². The fourth-order valence-electron chi connectivity index (χ4n) is 2.24. The molecule has 1 unspecified atom stereocenters. The molecule has 1 N–H and O–H groups in total. The molecule has 0 bridgehead atoms. The molecule has 3 heterocycles. The minimum Gasteiger partial charge on any atom is -0.396 e. The molecular formula is C13H13ClN2O2S2. The third kappa shape index (κ3) is 2.74. The van der Waals surface area contributed by atoms with E-state index in [1.807, 2.05) is 12.1 Å². The molecule has 1 aliphatic rings. The van der Waals surface area contributed by atoms with E-state index in [-0.39, 0.29) is 18.4 Å². The van der Waals surface area contributed by atoms with Crippen molar-refractivity contribution < 1.29 is 9.90 Å². The Bertz CT molecular complexity index is 625. The van der Waals surface area contributed by atoms with E-state index in [4.69, 9.17) is 16.7 Å². The number of nitrogens with zero attached hydrogens (tertiary/aromatic N) is 2. The van der Waals surface area contributed by atoms with Crippen LogP contribution in [-0.2, 0) is 0 Å². The molecule has 3 rings (SSSR count). The summed E-state index contributed by atoms with van der Waals surface area (Å²) < 4.78 is 0.716. The summed E-state index contributed by atoms with van der Waals surface area (Å²) in [4.78, 5) is 19.5. The van der Waals surface area contributed by atoms with Crippen molar-refractivity contribution in [2.24, 2.45) is 5.92 Å². The van der Waals surface area contributed by atoms with Gasteiger partial charge in [-0.3, -0.25) is 4.79 Å². The van der Waals surface area contributed by atoms with E-state index in [1.54, 1.807) is 10.3 Å². The van der Waals surface area contributed by atoms with E-state index in [0.717, 1.165) is 16.3 Å². The van der Waals surface area contributed by atoms with Gasteiger partial charge in [0.1, 0.15) is 10.7 Å². The van der Waals surface area contributed by atoms with Gasteiger partial charge in [0.2, 0.25) is 0 Å². The van der Waals surface area contributed by atoms with Crippen LogP contribution in [0.25, 0.3) is 9.88 Å². The van der Waals surface area contributed by atoms with Gasteiger partial charge in [0.05, 0.1) is 9.21 Å². The Balaban J connectivity index is 1.75. The summed E-state index contributed by atoms with van der Waals surface area (Å²) >= 11 is 8.82. The number of aliphatic hydroxyl groups is 1. The van der Waals surface area contributed by atoms with Crippen molar-refractivity contribution in [3.63, 3.8) is 0 Å². The predicted molar refractivity (Wildman–Crippen MR) is 81.5 cm³/mol. The molecule has 0 saturated carbocycles. The monoisotopic (exact) mass is 328 g/mol. The van der Waals surface area contributed by atoms with Crippen molar-refractivity contribution in [1.29, 1.82) is 0 Å². The van der Waals surface area contributed by atoms with Crippen LogP contribution in [0.3, 0.4) is 0 Å². The van der Waals surface area contributed by atoms with Crippen molar-refractivity contribution >= 4 is 40.2 Å². The van der Waals surface area contributed by atoms with E-state index >= 15 is 0 Å². The van der Waals surface area contributed by atoms with Crippen LogP contribution in [0.15, 0.2) is 17.5 Å². The molecule has 0 radical (unpaired) electrons. The molecule has 2 aromatic rings.